The largest absolute Gasteiger partial charge is 0.542 e. The molecule has 0 atom stereocenters. The molecule has 0 unspecified atom stereocenters. The van der Waals surface area contributed by atoms with Gasteiger partial charge in [-0.3, -0.25) is 0 Å². The van der Waals surface area contributed by atoms with Crippen LogP contribution in [0.1, 0.15) is 5.76 Å². The van der Waals surface area contributed by atoms with E-state index in [0.29, 0.717) is 0 Å². The molecule has 0 N–H and O–H groups in total. The van der Waals surface area contributed by atoms with Gasteiger partial charge in [-0.1, -0.05) is 0 Å². The molecule has 0 fully saturated rings. The third-order valence-electron chi connectivity index (χ3n) is 1.13. The highest BCUT2D eigenvalue weighted by Gasteiger charge is 2.16. The Labute approximate surface area is 68.3 Å². The van der Waals surface area contributed by atoms with E-state index in [1.165, 1.54) is 0 Å². The fraction of sp³-hybridized carbons (Fsp3) is 0.500. The second kappa shape index (κ2) is 2.74. The molecule has 0 saturated carbocycles. The van der Waals surface area contributed by atoms with E-state index in [1.807, 2.05) is 13.0 Å². The molecule has 1 aromatic rings. The van der Waals surface area contributed by atoms with Gasteiger partial charge in [0, 0.05) is 6.07 Å². The molecule has 0 spiro atoms. The highest BCUT2D eigenvalue weighted by Crippen LogP contribution is 2.18. The van der Waals surface area contributed by atoms with Gasteiger partial charge in [-0.05, 0) is 26.6 Å². The van der Waals surface area contributed by atoms with E-state index in [-0.39, 0.29) is 0 Å². The number of hydrogen-bond acceptors (Lipinski definition) is 2. The quantitative estimate of drug-likeness (QED) is 0.637. The lowest BCUT2D eigenvalue weighted by Gasteiger charge is -2.16. The number of furan rings is 1. The zero-order valence-corrected chi connectivity index (χ0v) is 8.47. The predicted octanol–water partition coefficient (Wildman–Crippen LogP) is 2.80. The van der Waals surface area contributed by atoms with Gasteiger partial charge in [-0.25, -0.2) is 0 Å². The van der Waals surface area contributed by atoms with Crippen molar-refractivity contribution in [2.75, 3.05) is 0 Å². The van der Waals surface area contributed by atoms with Crippen LogP contribution in [0.4, 0.5) is 0 Å². The van der Waals surface area contributed by atoms with Crippen molar-refractivity contribution in [2.24, 2.45) is 0 Å². The molecule has 0 saturated heterocycles. The van der Waals surface area contributed by atoms with Crippen molar-refractivity contribution in [1.82, 2.24) is 0 Å². The minimum Gasteiger partial charge on any atom is -0.542 e. The van der Waals surface area contributed by atoms with Gasteiger partial charge in [0.1, 0.15) is 17.8 Å². The lowest BCUT2D eigenvalue weighted by molar-refractivity contribution is 0.504. The van der Waals surface area contributed by atoms with Crippen LogP contribution in [0.25, 0.3) is 0 Å². The average Bonchev–Trinajstić information content (AvgIpc) is 2.10. The van der Waals surface area contributed by atoms with Crippen molar-refractivity contribution in [3.63, 3.8) is 0 Å². The molecule has 62 valence electrons. The minimum atomic E-state index is -1.44. The van der Waals surface area contributed by atoms with Gasteiger partial charge in [0.15, 0.2) is 0 Å². The van der Waals surface area contributed by atoms with Crippen molar-refractivity contribution in [1.29, 1.82) is 0 Å². The van der Waals surface area contributed by atoms with E-state index < -0.39 is 8.32 Å². The molecular formula is C8H14O2Si. The third-order valence-corrected chi connectivity index (χ3v) is 1.98. The number of rotatable bonds is 2. The summed E-state index contributed by atoms with van der Waals surface area (Å²) in [6.45, 7) is 8.36. The second-order valence-electron chi connectivity index (χ2n) is 3.61. The van der Waals surface area contributed by atoms with Crippen molar-refractivity contribution in [3.05, 3.63) is 18.1 Å². The van der Waals surface area contributed by atoms with Gasteiger partial charge in [-0.2, -0.15) is 0 Å². The monoisotopic (exact) mass is 170 g/mol. The molecule has 1 aromatic heterocycles. The molecule has 0 aromatic carbocycles. The maximum absolute atomic E-state index is 5.67. The summed E-state index contributed by atoms with van der Waals surface area (Å²) in [5, 5.41) is 0. The molecule has 2 nitrogen and oxygen atoms in total. The third kappa shape index (κ3) is 2.80. The molecule has 11 heavy (non-hydrogen) atoms. The van der Waals surface area contributed by atoms with E-state index in [0.717, 1.165) is 11.5 Å². The van der Waals surface area contributed by atoms with E-state index in [4.69, 9.17) is 8.84 Å². The molecule has 0 aliphatic rings. The van der Waals surface area contributed by atoms with Crippen molar-refractivity contribution < 1.29 is 8.84 Å². The Morgan fingerprint density at radius 2 is 2.00 bits per heavy atom. The van der Waals surface area contributed by atoms with Gasteiger partial charge < -0.3 is 8.84 Å². The van der Waals surface area contributed by atoms with Crippen LogP contribution in [0.15, 0.2) is 16.7 Å². The number of hydrogen-bond donors (Lipinski definition) is 0. The first kappa shape index (κ1) is 8.39. The summed E-state index contributed by atoms with van der Waals surface area (Å²) >= 11 is 0. The maximum atomic E-state index is 5.67. The zero-order valence-electron chi connectivity index (χ0n) is 7.47. The van der Waals surface area contributed by atoms with Gasteiger partial charge in [0.2, 0.25) is 8.32 Å². The molecule has 3 heteroatoms. The lowest BCUT2D eigenvalue weighted by atomic mass is 10.5. The van der Waals surface area contributed by atoms with Gasteiger partial charge >= 0.3 is 0 Å². The van der Waals surface area contributed by atoms with E-state index >= 15 is 0 Å². The summed E-state index contributed by atoms with van der Waals surface area (Å²) in [5.74, 6) is 1.76. The summed E-state index contributed by atoms with van der Waals surface area (Å²) in [6.07, 6.45) is 1.66. The van der Waals surface area contributed by atoms with E-state index in [2.05, 4.69) is 19.6 Å². The molecule has 0 radical (unpaired) electrons. The van der Waals surface area contributed by atoms with Gasteiger partial charge in [0.05, 0.1) is 0 Å². The summed E-state index contributed by atoms with van der Waals surface area (Å²) in [4.78, 5) is 0. The minimum absolute atomic E-state index is 0.863. The van der Waals surface area contributed by atoms with Crippen molar-refractivity contribution in [3.8, 4) is 5.75 Å². The van der Waals surface area contributed by atoms with Crippen LogP contribution in [0, 0.1) is 6.92 Å². The maximum Gasteiger partial charge on any atom is 0.242 e. The Morgan fingerprint density at radius 1 is 1.36 bits per heavy atom. The van der Waals surface area contributed by atoms with E-state index in [9.17, 15) is 0 Å². The fourth-order valence-corrected chi connectivity index (χ4v) is 1.64. The highest BCUT2D eigenvalue weighted by molar-refractivity contribution is 6.70. The number of aryl methyl sites for hydroxylation is 1. The van der Waals surface area contributed by atoms with Gasteiger partial charge in [0.25, 0.3) is 0 Å². The van der Waals surface area contributed by atoms with Crippen LogP contribution < -0.4 is 4.43 Å². The summed E-state index contributed by atoms with van der Waals surface area (Å²) in [7, 11) is -1.44. The first-order chi connectivity index (χ1) is 4.97. The highest BCUT2D eigenvalue weighted by atomic mass is 28.4. The molecule has 0 amide bonds. The summed E-state index contributed by atoms with van der Waals surface area (Å²) in [6, 6.07) is 1.91. The van der Waals surface area contributed by atoms with Crippen LogP contribution in [0.5, 0.6) is 5.75 Å². The standard InChI is InChI=1S/C8H14O2Si/c1-7-5-8(6-9-7)10-11(2,3)4/h5-6H,1-4H3. The van der Waals surface area contributed by atoms with Crippen molar-refractivity contribution in [2.45, 2.75) is 26.6 Å². The topological polar surface area (TPSA) is 22.4 Å². The summed E-state index contributed by atoms with van der Waals surface area (Å²) in [5.41, 5.74) is 0. The Balaban J connectivity index is 2.65. The predicted molar refractivity (Wildman–Crippen MR) is 47.4 cm³/mol. The zero-order chi connectivity index (χ0) is 8.48. The van der Waals surface area contributed by atoms with Crippen LogP contribution >= 0.6 is 0 Å². The summed E-state index contributed by atoms with van der Waals surface area (Å²) < 4.78 is 10.8. The van der Waals surface area contributed by atoms with Crippen LogP contribution in [-0.2, 0) is 0 Å². The second-order valence-corrected chi connectivity index (χ2v) is 8.04. The molecule has 1 heterocycles. The molecule has 0 aliphatic heterocycles. The van der Waals surface area contributed by atoms with Crippen LogP contribution in [-0.4, -0.2) is 8.32 Å². The van der Waals surface area contributed by atoms with Gasteiger partial charge in [-0.15, -0.1) is 0 Å². The Kier molecular flexibility index (Phi) is 2.09. The average molecular weight is 170 g/mol. The molecular weight excluding hydrogens is 156 g/mol. The molecule has 0 bridgehead atoms. The molecule has 0 aliphatic carbocycles. The van der Waals surface area contributed by atoms with Crippen LogP contribution in [0.2, 0.25) is 19.6 Å². The molecule has 1 rings (SSSR count). The van der Waals surface area contributed by atoms with Crippen molar-refractivity contribution >= 4 is 8.32 Å². The Hall–Kier alpha value is -0.703. The first-order valence-electron chi connectivity index (χ1n) is 3.71. The Bertz CT molecular complexity index is 234. The normalized spacial score (nSPS) is 11.6. The Morgan fingerprint density at radius 3 is 2.36 bits per heavy atom. The fourth-order valence-electron chi connectivity index (χ4n) is 0.826. The first-order valence-corrected chi connectivity index (χ1v) is 7.12. The smallest absolute Gasteiger partial charge is 0.242 e. The van der Waals surface area contributed by atoms with Crippen LogP contribution in [0.3, 0.4) is 0 Å². The SMILES string of the molecule is Cc1cc(O[Si](C)(C)C)co1. The van der Waals surface area contributed by atoms with E-state index in [1.54, 1.807) is 6.26 Å². The lowest BCUT2D eigenvalue weighted by Crippen LogP contribution is -2.28.